The lowest BCUT2D eigenvalue weighted by molar-refractivity contribution is 0.434. The summed E-state index contributed by atoms with van der Waals surface area (Å²) >= 11 is 7.53. The van der Waals surface area contributed by atoms with Gasteiger partial charge in [-0.15, -0.1) is 0 Å². The van der Waals surface area contributed by atoms with Crippen molar-refractivity contribution >= 4 is 33.0 Å². The van der Waals surface area contributed by atoms with Crippen molar-refractivity contribution in [2.45, 2.75) is 55.9 Å². The maximum atomic E-state index is 11.6. The van der Waals surface area contributed by atoms with Gasteiger partial charge in [0, 0.05) is 13.5 Å². The number of hydrogen-bond donors (Lipinski definition) is 1. The maximum absolute atomic E-state index is 11.6. The van der Waals surface area contributed by atoms with E-state index in [1.807, 2.05) is 17.8 Å². The molecule has 0 saturated heterocycles. The second-order valence-electron chi connectivity index (χ2n) is 6.63. The predicted octanol–water partition coefficient (Wildman–Crippen LogP) is 2.80. The number of benzene rings is 1. The van der Waals surface area contributed by atoms with Crippen LogP contribution in [0.15, 0.2) is 28.1 Å². The average molecular weight is 415 g/mol. The van der Waals surface area contributed by atoms with Crippen molar-refractivity contribution in [2.24, 2.45) is 17.2 Å². The van der Waals surface area contributed by atoms with E-state index in [1.165, 1.54) is 19.3 Å². The van der Waals surface area contributed by atoms with Gasteiger partial charge in [0.25, 0.3) is 0 Å². The summed E-state index contributed by atoms with van der Waals surface area (Å²) in [5.74, 6) is 0. The van der Waals surface area contributed by atoms with Crippen LogP contribution in [0.3, 0.4) is 0 Å². The molecule has 1 heterocycles. The van der Waals surface area contributed by atoms with E-state index in [0.717, 1.165) is 28.2 Å². The van der Waals surface area contributed by atoms with E-state index in [4.69, 9.17) is 21.7 Å². The first-order valence-corrected chi connectivity index (χ1v) is 11.4. The first-order chi connectivity index (χ1) is 12.3. The van der Waals surface area contributed by atoms with E-state index < -0.39 is 10.0 Å². The summed E-state index contributed by atoms with van der Waals surface area (Å²) in [5.41, 5.74) is 0.863. The first-order valence-electron chi connectivity index (χ1n) is 8.71. The van der Waals surface area contributed by atoms with Gasteiger partial charge in [0.2, 0.25) is 14.8 Å². The van der Waals surface area contributed by atoms with E-state index in [-0.39, 0.29) is 9.92 Å². The molecule has 1 aliphatic rings. The lowest BCUT2D eigenvalue weighted by Gasteiger charge is -2.16. The highest BCUT2D eigenvalue weighted by Crippen LogP contribution is 2.22. The lowest BCUT2D eigenvalue weighted by Crippen LogP contribution is -2.18. The normalized spacial score (nSPS) is 17.0. The van der Waals surface area contributed by atoms with Crippen LogP contribution in [-0.2, 0) is 29.9 Å². The minimum Gasteiger partial charge on any atom is -0.254 e. The Balaban J connectivity index is 1.73. The monoisotopic (exact) mass is 414 g/mol. The van der Waals surface area contributed by atoms with Crippen LogP contribution >= 0.6 is 22.9 Å². The fourth-order valence-corrected chi connectivity index (χ4v) is 5.20. The van der Waals surface area contributed by atoms with Gasteiger partial charge in [0.15, 0.2) is 0 Å². The van der Waals surface area contributed by atoms with Crippen LogP contribution < -0.4 is 9.94 Å². The fourth-order valence-electron chi connectivity index (χ4n) is 3.15. The molecule has 0 spiro atoms. The maximum Gasteiger partial charge on any atom is 0.239 e. The van der Waals surface area contributed by atoms with Crippen LogP contribution in [0.25, 0.3) is 0 Å². The minimum absolute atomic E-state index is 0.0330. The Morgan fingerprint density at radius 1 is 1.31 bits per heavy atom. The highest BCUT2D eigenvalue weighted by atomic mass is 35.5. The molecular weight excluding hydrogens is 392 g/mol. The Kier molecular flexibility index (Phi) is 6.17. The molecule has 0 radical (unpaired) electrons. The molecule has 1 fully saturated rings. The standard InChI is InChI=1S/C17H23ClN4O2S2/c1-22-17(20-13-5-3-2-4-6-13)25-16(21-22)10-8-12-7-9-14(18)15(11-12)26(19,23)24/h7,9,11,13H,2-6,8,10H2,1H3,(H2,19,23,24). The summed E-state index contributed by atoms with van der Waals surface area (Å²) in [5, 5.41) is 10.9. The molecule has 3 rings (SSSR count). The molecule has 6 nitrogen and oxygen atoms in total. The Labute approximate surface area is 162 Å². The number of aromatic nitrogens is 2. The number of hydrogen-bond acceptors (Lipinski definition) is 5. The number of halogens is 1. The molecule has 0 unspecified atom stereocenters. The zero-order chi connectivity index (χ0) is 18.7. The second-order valence-corrected chi connectivity index (χ2v) is 9.61. The van der Waals surface area contributed by atoms with Gasteiger partial charge in [-0.3, -0.25) is 4.99 Å². The third-order valence-electron chi connectivity index (χ3n) is 4.54. The SMILES string of the molecule is Cn1nc(CCc2ccc(Cl)c(S(N)(=O)=O)c2)sc1=NC1CCCCC1. The van der Waals surface area contributed by atoms with Crippen molar-refractivity contribution in [3.8, 4) is 0 Å². The Hall–Kier alpha value is -1.22. The van der Waals surface area contributed by atoms with E-state index in [2.05, 4.69) is 5.10 Å². The fraction of sp³-hybridized carbons (Fsp3) is 0.529. The highest BCUT2D eigenvalue weighted by Gasteiger charge is 2.15. The number of rotatable bonds is 5. The predicted molar refractivity (Wildman–Crippen MR) is 104 cm³/mol. The molecule has 1 aromatic heterocycles. The van der Waals surface area contributed by atoms with Gasteiger partial charge in [-0.1, -0.05) is 48.3 Å². The number of primary sulfonamides is 1. The molecule has 142 valence electrons. The van der Waals surface area contributed by atoms with E-state index in [9.17, 15) is 8.42 Å². The van der Waals surface area contributed by atoms with Crippen LogP contribution in [-0.4, -0.2) is 24.2 Å². The van der Waals surface area contributed by atoms with Crippen LogP contribution in [0.2, 0.25) is 5.02 Å². The molecule has 1 saturated carbocycles. The molecule has 9 heteroatoms. The third kappa shape index (κ3) is 4.94. The van der Waals surface area contributed by atoms with Crippen molar-refractivity contribution < 1.29 is 8.42 Å². The quantitative estimate of drug-likeness (QED) is 0.815. The number of aryl methyl sites for hydroxylation is 3. The van der Waals surface area contributed by atoms with Gasteiger partial charge in [-0.05, 0) is 37.0 Å². The zero-order valence-electron chi connectivity index (χ0n) is 14.7. The van der Waals surface area contributed by atoms with Gasteiger partial charge in [-0.2, -0.15) is 5.10 Å². The smallest absolute Gasteiger partial charge is 0.239 e. The Morgan fingerprint density at radius 3 is 2.73 bits per heavy atom. The topological polar surface area (TPSA) is 90.3 Å². The van der Waals surface area contributed by atoms with Crippen molar-refractivity contribution in [3.63, 3.8) is 0 Å². The van der Waals surface area contributed by atoms with Crippen molar-refractivity contribution in [2.75, 3.05) is 0 Å². The molecule has 1 aromatic carbocycles. The van der Waals surface area contributed by atoms with Gasteiger partial charge in [0.1, 0.15) is 9.90 Å². The summed E-state index contributed by atoms with van der Waals surface area (Å²) in [7, 11) is -1.90. The first kappa shape index (κ1) is 19.5. The minimum atomic E-state index is -3.82. The van der Waals surface area contributed by atoms with E-state index in [1.54, 1.807) is 23.5 Å². The van der Waals surface area contributed by atoms with Gasteiger partial charge in [0.05, 0.1) is 11.1 Å². The van der Waals surface area contributed by atoms with Crippen LogP contribution in [0.5, 0.6) is 0 Å². The number of nitrogens with two attached hydrogens (primary N) is 1. The van der Waals surface area contributed by atoms with Gasteiger partial charge in [-0.25, -0.2) is 18.2 Å². The molecule has 2 aromatic rings. The van der Waals surface area contributed by atoms with E-state index >= 15 is 0 Å². The van der Waals surface area contributed by atoms with E-state index in [0.29, 0.717) is 18.9 Å². The van der Waals surface area contributed by atoms with Crippen LogP contribution in [0.1, 0.15) is 42.7 Å². The van der Waals surface area contributed by atoms with Crippen molar-refractivity contribution in [3.05, 3.63) is 38.6 Å². The Morgan fingerprint density at radius 2 is 2.04 bits per heavy atom. The summed E-state index contributed by atoms with van der Waals surface area (Å²) in [6.45, 7) is 0. The summed E-state index contributed by atoms with van der Waals surface area (Å²) < 4.78 is 25.0. The van der Waals surface area contributed by atoms with Crippen molar-refractivity contribution in [1.29, 1.82) is 0 Å². The summed E-state index contributed by atoms with van der Waals surface area (Å²) in [6, 6.07) is 5.34. The molecule has 0 amide bonds. The lowest BCUT2D eigenvalue weighted by atomic mass is 9.96. The second kappa shape index (κ2) is 8.21. The molecule has 0 bridgehead atoms. The molecule has 1 aliphatic carbocycles. The average Bonchev–Trinajstić information content (AvgIpc) is 2.94. The highest BCUT2D eigenvalue weighted by molar-refractivity contribution is 7.89. The number of nitrogens with zero attached hydrogens (tertiary/aromatic N) is 3. The molecule has 26 heavy (non-hydrogen) atoms. The van der Waals surface area contributed by atoms with Crippen LogP contribution in [0, 0.1) is 0 Å². The summed E-state index contributed by atoms with van der Waals surface area (Å²) in [6.07, 6.45) is 7.52. The molecular formula is C17H23ClN4O2S2. The Bertz CT molecular complexity index is 944. The molecule has 0 atom stereocenters. The zero-order valence-corrected chi connectivity index (χ0v) is 17.1. The molecule has 2 N–H and O–H groups in total. The van der Waals surface area contributed by atoms with Gasteiger partial charge < -0.3 is 0 Å². The molecule has 0 aliphatic heterocycles. The number of sulfonamides is 1. The van der Waals surface area contributed by atoms with Crippen LogP contribution in [0.4, 0.5) is 0 Å². The van der Waals surface area contributed by atoms with Crippen molar-refractivity contribution in [1.82, 2.24) is 9.78 Å². The third-order valence-corrected chi connectivity index (χ3v) is 7.01. The largest absolute Gasteiger partial charge is 0.254 e. The van der Waals surface area contributed by atoms with Gasteiger partial charge >= 0.3 is 0 Å². The summed E-state index contributed by atoms with van der Waals surface area (Å²) in [4.78, 5) is 5.78.